The molecule has 1 aliphatic carbocycles. The summed E-state index contributed by atoms with van der Waals surface area (Å²) in [7, 11) is 0. The fourth-order valence-electron chi connectivity index (χ4n) is 2.65. The van der Waals surface area contributed by atoms with Crippen LogP contribution >= 0.6 is 15.9 Å². The highest BCUT2D eigenvalue weighted by Gasteiger charge is 2.29. The molecule has 0 heterocycles. The molecular weight excluding hydrogens is 302 g/mol. The maximum Gasteiger partial charge on any atom is 0.171 e. The highest BCUT2D eigenvalue weighted by Crippen LogP contribution is 2.32. The number of hydrogen-bond acceptors (Lipinski definition) is 1. The Bertz CT molecular complexity index is 450. The molecule has 2 rings (SSSR count). The van der Waals surface area contributed by atoms with Gasteiger partial charge in [0.05, 0.1) is 5.56 Å². The zero-order valence-corrected chi connectivity index (χ0v) is 11.8. The topological polar surface area (TPSA) is 17.1 Å². The van der Waals surface area contributed by atoms with E-state index in [0.717, 1.165) is 37.8 Å². The first-order chi connectivity index (χ1) is 8.49. The quantitative estimate of drug-likeness (QED) is 0.720. The van der Waals surface area contributed by atoms with Gasteiger partial charge in [-0.3, -0.25) is 4.79 Å². The van der Waals surface area contributed by atoms with Crippen molar-refractivity contribution in [3.63, 3.8) is 0 Å². The van der Waals surface area contributed by atoms with E-state index in [-0.39, 0.29) is 17.3 Å². The van der Waals surface area contributed by atoms with Gasteiger partial charge in [-0.2, -0.15) is 0 Å². The number of benzene rings is 1. The molecule has 1 nitrogen and oxygen atoms in total. The van der Waals surface area contributed by atoms with Crippen LogP contribution in [0.3, 0.4) is 0 Å². The van der Waals surface area contributed by atoms with E-state index in [2.05, 4.69) is 22.9 Å². The third-order valence-electron chi connectivity index (χ3n) is 3.56. The van der Waals surface area contributed by atoms with Crippen molar-refractivity contribution in [3.8, 4) is 0 Å². The van der Waals surface area contributed by atoms with Gasteiger partial charge in [0.25, 0.3) is 0 Å². The molecule has 2 unspecified atom stereocenters. The predicted octanol–water partition coefficient (Wildman–Crippen LogP) is 4.74. The van der Waals surface area contributed by atoms with E-state index in [1.807, 2.05) is 0 Å². The lowest BCUT2D eigenvalue weighted by Gasteiger charge is -2.25. The summed E-state index contributed by atoms with van der Waals surface area (Å²) in [4.78, 5) is 12.2. The molecule has 0 aliphatic heterocycles. The molecule has 0 aromatic heterocycles. The predicted molar refractivity (Wildman–Crippen MR) is 69.5 cm³/mol. The summed E-state index contributed by atoms with van der Waals surface area (Å²) in [5, 5.41) is 0. The van der Waals surface area contributed by atoms with Crippen molar-refractivity contribution >= 4 is 21.7 Å². The van der Waals surface area contributed by atoms with Gasteiger partial charge in [0, 0.05) is 10.4 Å². The molecule has 2 atom stereocenters. The SMILES string of the molecule is CC1CCCC(C(=O)c2c(F)cc(Br)cc2F)C1. The summed E-state index contributed by atoms with van der Waals surface area (Å²) < 4.78 is 27.8. The Hall–Kier alpha value is -0.770. The second-order valence-corrected chi connectivity index (χ2v) is 5.99. The Balaban J connectivity index is 2.28. The summed E-state index contributed by atoms with van der Waals surface area (Å²) >= 11 is 3.01. The van der Waals surface area contributed by atoms with Crippen molar-refractivity contribution in [1.82, 2.24) is 0 Å². The van der Waals surface area contributed by atoms with Gasteiger partial charge in [-0.15, -0.1) is 0 Å². The summed E-state index contributed by atoms with van der Waals surface area (Å²) in [5.41, 5.74) is -0.378. The zero-order chi connectivity index (χ0) is 13.3. The number of carbonyl (C=O) groups excluding carboxylic acids is 1. The van der Waals surface area contributed by atoms with Crippen LogP contribution in [0.2, 0.25) is 0 Å². The van der Waals surface area contributed by atoms with Crippen LogP contribution in [0.1, 0.15) is 43.0 Å². The van der Waals surface area contributed by atoms with Crippen LogP contribution in [0.5, 0.6) is 0 Å². The van der Waals surface area contributed by atoms with Crippen molar-refractivity contribution in [2.24, 2.45) is 11.8 Å². The van der Waals surface area contributed by atoms with E-state index in [1.165, 1.54) is 0 Å². The first kappa shape index (κ1) is 13.7. The van der Waals surface area contributed by atoms with Gasteiger partial charge in [0.15, 0.2) is 5.78 Å². The Labute approximate surface area is 114 Å². The molecule has 98 valence electrons. The first-order valence-corrected chi connectivity index (χ1v) is 6.97. The minimum Gasteiger partial charge on any atom is -0.294 e. The number of ketones is 1. The van der Waals surface area contributed by atoms with Gasteiger partial charge in [-0.1, -0.05) is 35.7 Å². The van der Waals surface area contributed by atoms with Gasteiger partial charge >= 0.3 is 0 Å². The second-order valence-electron chi connectivity index (χ2n) is 5.08. The fraction of sp³-hybridized carbons (Fsp3) is 0.500. The minimum absolute atomic E-state index is 0.237. The minimum atomic E-state index is -0.773. The highest BCUT2D eigenvalue weighted by atomic mass is 79.9. The molecule has 0 spiro atoms. The van der Waals surface area contributed by atoms with Crippen LogP contribution in [0, 0.1) is 23.5 Å². The number of rotatable bonds is 2. The Kier molecular flexibility index (Phi) is 4.15. The lowest BCUT2D eigenvalue weighted by Crippen LogP contribution is -2.23. The van der Waals surface area contributed by atoms with Crippen LogP contribution in [0.4, 0.5) is 8.78 Å². The van der Waals surface area contributed by atoms with Crippen LogP contribution in [-0.4, -0.2) is 5.78 Å². The third-order valence-corrected chi connectivity index (χ3v) is 4.02. The molecule has 1 fully saturated rings. The molecule has 1 aliphatic rings. The van der Waals surface area contributed by atoms with Crippen molar-refractivity contribution < 1.29 is 13.6 Å². The largest absolute Gasteiger partial charge is 0.294 e. The summed E-state index contributed by atoms with van der Waals surface area (Å²) in [6.45, 7) is 2.08. The van der Waals surface area contributed by atoms with Crippen LogP contribution in [0.15, 0.2) is 16.6 Å². The average Bonchev–Trinajstić information content (AvgIpc) is 2.27. The molecule has 0 amide bonds. The summed E-state index contributed by atoms with van der Waals surface area (Å²) in [6, 6.07) is 2.28. The van der Waals surface area contributed by atoms with Gasteiger partial charge in [-0.05, 0) is 30.9 Å². The molecule has 18 heavy (non-hydrogen) atoms. The Morgan fingerprint density at radius 2 is 1.89 bits per heavy atom. The lowest BCUT2D eigenvalue weighted by molar-refractivity contribution is 0.0859. The third kappa shape index (κ3) is 2.79. The molecule has 1 saturated carbocycles. The standard InChI is InChI=1S/C14H15BrF2O/c1-8-3-2-4-9(5-8)14(18)13-11(16)6-10(15)7-12(13)17/h6-9H,2-5H2,1H3. The van der Waals surface area contributed by atoms with Crippen LogP contribution < -0.4 is 0 Å². The first-order valence-electron chi connectivity index (χ1n) is 6.17. The average molecular weight is 317 g/mol. The molecule has 0 saturated heterocycles. The Morgan fingerprint density at radius 3 is 2.44 bits per heavy atom. The number of hydrogen-bond donors (Lipinski definition) is 0. The molecular formula is C14H15BrF2O. The van der Waals surface area contributed by atoms with Gasteiger partial charge in [-0.25, -0.2) is 8.78 Å². The Morgan fingerprint density at radius 1 is 1.28 bits per heavy atom. The fourth-order valence-corrected chi connectivity index (χ4v) is 3.06. The smallest absolute Gasteiger partial charge is 0.171 e. The van der Waals surface area contributed by atoms with Crippen LogP contribution in [0.25, 0.3) is 0 Å². The number of carbonyl (C=O) groups is 1. The molecule has 0 radical (unpaired) electrons. The van der Waals surface area contributed by atoms with E-state index in [4.69, 9.17) is 0 Å². The molecule has 1 aromatic rings. The van der Waals surface area contributed by atoms with E-state index in [9.17, 15) is 13.6 Å². The van der Waals surface area contributed by atoms with Gasteiger partial charge in [0.2, 0.25) is 0 Å². The van der Waals surface area contributed by atoms with Gasteiger partial charge in [0.1, 0.15) is 11.6 Å². The van der Waals surface area contributed by atoms with E-state index >= 15 is 0 Å². The monoisotopic (exact) mass is 316 g/mol. The maximum absolute atomic E-state index is 13.7. The number of Topliss-reactive ketones (excluding diaryl/α,β-unsaturated/α-hetero) is 1. The zero-order valence-electron chi connectivity index (χ0n) is 10.2. The van der Waals surface area contributed by atoms with Crippen molar-refractivity contribution in [2.75, 3.05) is 0 Å². The normalized spacial score (nSPS) is 24.0. The summed E-state index contributed by atoms with van der Waals surface area (Å²) in [5.74, 6) is -1.72. The van der Waals surface area contributed by atoms with Crippen molar-refractivity contribution in [3.05, 3.63) is 33.8 Å². The van der Waals surface area contributed by atoms with Crippen LogP contribution in [-0.2, 0) is 0 Å². The lowest BCUT2D eigenvalue weighted by atomic mass is 9.78. The second kappa shape index (κ2) is 5.47. The molecule has 1 aromatic carbocycles. The van der Waals surface area contributed by atoms with E-state index < -0.39 is 11.6 Å². The van der Waals surface area contributed by atoms with E-state index in [0.29, 0.717) is 10.4 Å². The number of halogens is 3. The maximum atomic E-state index is 13.7. The highest BCUT2D eigenvalue weighted by molar-refractivity contribution is 9.10. The van der Waals surface area contributed by atoms with Crippen molar-refractivity contribution in [1.29, 1.82) is 0 Å². The molecule has 0 N–H and O–H groups in total. The summed E-state index contributed by atoms with van der Waals surface area (Å²) in [6.07, 6.45) is 3.51. The van der Waals surface area contributed by atoms with Gasteiger partial charge < -0.3 is 0 Å². The van der Waals surface area contributed by atoms with E-state index in [1.54, 1.807) is 0 Å². The molecule has 0 bridgehead atoms. The van der Waals surface area contributed by atoms with Crippen molar-refractivity contribution in [2.45, 2.75) is 32.6 Å². The molecule has 4 heteroatoms.